The molecule has 0 aliphatic carbocycles. The summed E-state index contributed by atoms with van der Waals surface area (Å²) in [5, 5.41) is 11.0. The van der Waals surface area contributed by atoms with Crippen LogP contribution in [-0.2, 0) is 0 Å². The normalized spacial score (nSPS) is 9.81. The summed E-state index contributed by atoms with van der Waals surface area (Å²) in [5.41, 5.74) is 3.03. The van der Waals surface area contributed by atoms with Crippen molar-refractivity contribution in [3.05, 3.63) is 65.7 Å². The first-order valence-electron chi connectivity index (χ1n) is 5.23. The van der Waals surface area contributed by atoms with Gasteiger partial charge in [0.2, 0.25) is 0 Å². The summed E-state index contributed by atoms with van der Waals surface area (Å²) in [4.78, 5) is 0. The lowest BCUT2D eigenvalue weighted by Gasteiger charge is -2.08. The summed E-state index contributed by atoms with van der Waals surface area (Å²) in [6, 6.07) is 17.7. The molecule has 2 heteroatoms. The smallest absolute Gasteiger partial charge is 0.129 e. The van der Waals surface area contributed by atoms with Crippen LogP contribution in [0.25, 0.3) is 0 Å². The summed E-state index contributed by atoms with van der Waals surface area (Å²) in [6.45, 7) is 2.04. The van der Waals surface area contributed by atoms with Crippen LogP contribution in [-0.4, -0.2) is 5.84 Å². The number of aryl methyl sites for hydroxylation is 1. The van der Waals surface area contributed by atoms with Crippen LogP contribution in [0.1, 0.15) is 11.1 Å². The lowest BCUT2D eigenvalue weighted by molar-refractivity contribution is 1.42. The number of nitrogens with one attached hydrogen (secondary N) is 2. The lowest BCUT2D eigenvalue weighted by Crippen LogP contribution is -2.11. The second-order valence-corrected chi connectivity index (χ2v) is 3.74. The standard InChI is InChI=1S/C14H14N2/c1-11-6-5-9-13(10-11)16-14(15)12-7-3-2-4-8-12/h2-10H,1H3,(H2,15,16). The molecule has 0 bridgehead atoms. The van der Waals surface area contributed by atoms with Gasteiger partial charge in [0.1, 0.15) is 5.84 Å². The number of hydrogen-bond acceptors (Lipinski definition) is 1. The van der Waals surface area contributed by atoms with E-state index >= 15 is 0 Å². The van der Waals surface area contributed by atoms with Crippen molar-refractivity contribution in [1.82, 2.24) is 0 Å². The summed E-state index contributed by atoms with van der Waals surface area (Å²) in [7, 11) is 0. The van der Waals surface area contributed by atoms with Crippen LogP contribution >= 0.6 is 0 Å². The van der Waals surface area contributed by atoms with Crippen molar-refractivity contribution in [3.8, 4) is 0 Å². The second-order valence-electron chi connectivity index (χ2n) is 3.74. The monoisotopic (exact) mass is 210 g/mol. The molecular formula is C14H14N2. The maximum Gasteiger partial charge on any atom is 0.129 e. The van der Waals surface area contributed by atoms with E-state index in [-0.39, 0.29) is 0 Å². The van der Waals surface area contributed by atoms with Gasteiger partial charge in [0, 0.05) is 11.3 Å². The van der Waals surface area contributed by atoms with Gasteiger partial charge in [-0.25, -0.2) is 0 Å². The summed E-state index contributed by atoms with van der Waals surface area (Å²) in [5.74, 6) is 0.422. The zero-order valence-corrected chi connectivity index (χ0v) is 9.20. The molecule has 0 fully saturated rings. The zero-order valence-electron chi connectivity index (χ0n) is 9.20. The van der Waals surface area contributed by atoms with Gasteiger partial charge in [-0.05, 0) is 24.6 Å². The average Bonchev–Trinajstić information content (AvgIpc) is 2.30. The molecule has 0 aliphatic heterocycles. The molecule has 0 radical (unpaired) electrons. The predicted octanol–water partition coefficient (Wildman–Crippen LogP) is 3.43. The van der Waals surface area contributed by atoms with Gasteiger partial charge in [-0.3, -0.25) is 5.41 Å². The average molecular weight is 210 g/mol. The van der Waals surface area contributed by atoms with Gasteiger partial charge in [-0.1, -0.05) is 42.5 Å². The molecule has 0 saturated heterocycles. The predicted molar refractivity (Wildman–Crippen MR) is 68.1 cm³/mol. The third-order valence-corrected chi connectivity index (χ3v) is 2.35. The number of anilines is 1. The van der Waals surface area contributed by atoms with Gasteiger partial charge >= 0.3 is 0 Å². The first kappa shape index (κ1) is 10.4. The van der Waals surface area contributed by atoms with E-state index in [1.807, 2.05) is 61.5 Å². The van der Waals surface area contributed by atoms with Crippen LogP contribution in [0.4, 0.5) is 5.69 Å². The Kier molecular flexibility index (Phi) is 3.01. The third kappa shape index (κ3) is 2.48. The van der Waals surface area contributed by atoms with E-state index in [1.165, 1.54) is 5.56 Å². The van der Waals surface area contributed by atoms with E-state index in [2.05, 4.69) is 5.32 Å². The first-order valence-corrected chi connectivity index (χ1v) is 5.23. The van der Waals surface area contributed by atoms with Crippen LogP contribution in [0, 0.1) is 12.3 Å². The fourth-order valence-electron chi connectivity index (χ4n) is 1.54. The molecule has 0 amide bonds. The SMILES string of the molecule is Cc1cccc(NC(=N)c2ccccc2)c1. The van der Waals surface area contributed by atoms with Crippen LogP contribution in [0.2, 0.25) is 0 Å². The van der Waals surface area contributed by atoms with Gasteiger partial charge in [0.05, 0.1) is 0 Å². The Balaban J connectivity index is 2.14. The van der Waals surface area contributed by atoms with E-state index < -0.39 is 0 Å². The van der Waals surface area contributed by atoms with Crippen LogP contribution in [0.15, 0.2) is 54.6 Å². The Morgan fingerprint density at radius 1 is 1.00 bits per heavy atom. The van der Waals surface area contributed by atoms with Crippen LogP contribution in [0.3, 0.4) is 0 Å². The Labute approximate surface area is 95.5 Å². The molecule has 0 aromatic heterocycles. The molecule has 0 heterocycles. The largest absolute Gasteiger partial charge is 0.340 e. The van der Waals surface area contributed by atoms with Crippen molar-refractivity contribution in [3.63, 3.8) is 0 Å². The van der Waals surface area contributed by atoms with Crippen LogP contribution in [0.5, 0.6) is 0 Å². The van der Waals surface area contributed by atoms with E-state index in [0.717, 1.165) is 11.3 Å². The fraction of sp³-hybridized carbons (Fsp3) is 0.0714. The fourth-order valence-corrected chi connectivity index (χ4v) is 1.54. The Morgan fingerprint density at radius 2 is 1.75 bits per heavy atom. The van der Waals surface area contributed by atoms with Gasteiger partial charge in [0.25, 0.3) is 0 Å². The highest BCUT2D eigenvalue weighted by atomic mass is 14.9. The lowest BCUT2D eigenvalue weighted by atomic mass is 10.2. The van der Waals surface area contributed by atoms with Crippen molar-refractivity contribution in [1.29, 1.82) is 5.41 Å². The molecule has 0 aliphatic rings. The van der Waals surface area contributed by atoms with Crippen LogP contribution < -0.4 is 5.32 Å². The minimum atomic E-state index is 0.422. The third-order valence-electron chi connectivity index (χ3n) is 2.35. The molecule has 0 saturated carbocycles. The molecule has 2 N–H and O–H groups in total. The highest BCUT2D eigenvalue weighted by molar-refractivity contribution is 6.06. The second kappa shape index (κ2) is 4.62. The zero-order chi connectivity index (χ0) is 11.4. The van der Waals surface area contributed by atoms with Crippen molar-refractivity contribution < 1.29 is 0 Å². The molecular weight excluding hydrogens is 196 g/mol. The Bertz CT molecular complexity index is 489. The number of amidine groups is 1. The quantitative estimate of drug-likeness (QED) is 0.578. The molecule has 2 nitrogen and oxygen atoms in total. The number of rotatable bonds is 2. The van der Waals surface area contributed by atoms with E-state index in [1.54, 1.807) is 0 Å². The Morgan fingerprint density at radius 3 is 2.44 bits per heavy atom. The minimum absolute atomic E-state index is 0.422. The maximum atomic E-state index is 7.93. The number of hydrogen-bond donors (Lipinski definition) is 2. The summed E-state index contributed by atoms with van der Waals surface area (Å²) in [6.07, 6.45) is 0. The topological polar surface area (TPSA) is 35.9 Å². The molecule has 2 aromatic carbocycles. The Hall–Kier alpha value is -2.09. The van der Waals surface area contributed by atoms with Crippen molar-refractivity contribution in [2.75, 3.05) is 5.32 Å². The minimum Gasteiger partial charge on any atom is -0.340 e. The molecule has 80 valence electrons. The first-order chi connectivity index (χ1) is 7.75. The summed E-state index contributed by atoms with van der Waals surface area (Å²) >= 11 is 0. The van der Waals surface area contributed by atoms with Gasteiger partial charge in [-0.15, -0.1) is 0 Å². The highest BCUT2D eigenvalue weighted by Crippen LogP contribution is 2.11. The molecule has 16 heavy (non-hydrogen) atoms. The van der Waals surface area contributed by atoms with Crippen molar-refractivity contribution in [2.45, 2.75) is 6.92 Å². The van der Waals surface area contributed by atoms with Gasteiger partial charge in [-0.2, -0.15) is 0 Å². The molecule has 2 rings (SSSR count). The molecule has 0 unspecified atom stereocenters. The number of benzene rings is 2. The van der Waals surface area contributed by atoms with Crippen molar-refractivity contribution >= 4 is 11.5 Å². The van der Waals surface area contributed by atoms with Gasteiger partial charge in [0.15, 0.2) is 0 Å². The van der Waals surface area contributed by atoms with Gasteiger partial charge < -0.3 is 5.32 Å². The molecule has 0 spiro atoms. The highest BCUT2D eigenvalue weighted by Gasteiger charge is 2.00. The molecule has 2 aromatic rings. The molecule has 0 atom stereocenters. The maximum absolute atomic E-state index is 7.93. The van der Waals surface area contributed by atoms with E-state index in [0.29, 0.717) is 5.84 Å². The van der Waals surface area contributed by atoms with Crippen molar-refractivity contribution in [2.24, 2.45) is 0 Å². The van der Waals surface area contributed by atoms with E-state index in [9.17, 15) is 0 Å². The summed E-state index contributed by atoms with van der Waals surface area (Å²) < 4.78 is 0. The van der Waals surface area contributed by atoms with E-state index in [4.69, 9.17) is 5.41 Å².